The van der Waals surface area contributed by atoms with Crippen molar-refractivity contribution >= 4 is 10.0 Å². The molecule has 21 heavy (non-hydrogen) atoms. The molecule has 0 unspecified atom stereocenters. The van der Waals surface area contributed by atoms with Gasteiger partial charge in [-0.05, 0) is 33.2 Å². The quantitative estimate of drug-likeness (QED) is 0.907. The summed E-state index contributed by atoms with van der Waals surface area (Å²) < 4.78 is 33.2. The molecule has 1 aromatic heterocycles. The fourth-order valence-corrected chi connectivity index (χ4v) is 4.84. The molecular weight excluding hydrogens is 288 g/mol. The Morgan fingerprint density at radius 3 is 2.29 bits per heavy atom. The van der Waals surface area contributed by atoms with Gasteiger partial charge >= 0.3 is 0 Å². The third-order valence-corrected chi connectivity index (χ3v) is 6.13. The van der Waals surface area contributed by atoms with E-state index >= 15 is 0 Å². The topological polar surface area (TPSA) is 62.6 Å². The molecule has 0 aliphatic carbocycles. The minimum atomic E-state index is -3.46. The lowest BCUT2D eigenvalue weighted by Gasteiger charge is -2.20. The molecule has 1 aliphatic rings. The zero-order chi connectivity index (χ0) is 15.5. The first-order chi connectivity index (χ1) is 9.98. The Balaban J connectivity index is 2.38. The molecular formula is C15H26N2O3S. The first kappa shape index (κ1) is 16.5. The van der Waals surface area contributed by atoms with Crippen molar-refractivity contribution in [2.75, 3.05) is 19.6 Å². The van der Waals surface area contributed by atoms with Crippen LogP contribution < -0.4 is 5.32 Å². The fourth-order valence-electron chi connectivity index (χ4n) is 2.91. The van der Waals surface area contributed by atoms with E-state index in [0.29, 0.717) is 36.1 Å². The third kappa shape index (κ3) is 3.49. The molecule has 1 aromatic rings. The Hall–Kier alpha value is -0.850. The van der Waals surface area contributed by atoms with Gasteiger partial charge in [0.15, 0.2) is 0 Å². The van der Waals surface area contributed by atoms with Crippen LogP contribution >= 0.6 is 0 Å². The number of rotatable bonds is 5. The van der Waals surface area contributed by atoms with Crippen molar-refractivity contribution in [3.05, 3.63) is 17.1 Å². The summed E-state index contributed by atoms with van der Waals surface area (Å²) >= 11 is 0. The fraction of sp³-hybridized carbons (Fsp3) is 0.733. The van der Waals surface area contributed by atoms with Crippen molar-refractivity contribution in [3.63, 3.8) is 0 Å². The lowest BCUT2D eigenvalue weighted by Crippen LogP contribution is -2.33. The van der Waals surface area contributed by atoms with Crippen LogP contribution in [-0.4, -0.2) is 32.4 Å². The monoisotopic (exact) mass is 314 g/mol. The zero-order valence-electron chi connectivity index (χ0n) is 13.2. The van der Waals surface area contributed by atoms with Crippen LogP contribution in [0.3, 0.4) is 0 Å². The minimum absolute atomic E-state index is 0.378. The standard InChI is InChI=1S/C15H26N2O3S/c1-4-16-11-14-12(2)20-13(3)15(14)21(18,19)17-9-7-5-6-8-10-17/h16H,4-11H2,1-3H3. The van der Waals surface area contributed by atoms with Crippen molar-refractivity contribution < 1.29 is 12.8 Å². The van der Waals surface area contributed by atoms with Crippen molar-refractivity contribution in [1.29, 1.82) is 0 Å². The number of sulfonamides is 1. The normalized spacial score (nSPS) is 17.9. The van der Waals surface area contributed by atoms with Gasteiger partial charge in [-0.3, -0.25) is 0 Å². The molecule has 120 valence electrons. The van der Waals surface area contributed by atoms with Gasteiger partial charge < -0.3 is 9.73 Å². The minimum Gasteiger partial charge on any atom is -0.465 e. The Labute approximate surface area is 127 Å². The maximum absolute atomic E-state index is 13.0. The highest BCUT2D eigenvalue weighted by Gasteiger charge is 2.32. The molecule has 0 aromatic carbocycles. The average molecular weight is 314 g/mol. The first-order valence-corrected chi connectivity index (χ1v) is 9.22. The Morgan fingerprint density at radius 2 is 1.71 bits per heavy atom. The van der Waals surface area contributed by atoms with Crippen LogP contribution in [0.2, 0.25) is 0 Å². The van der Waals surface area contributed by atoms with E-state index in [0.717, 1.165) is 37.8 Å². The molecule has 1 fully saturated rings. The van der Waals surface area contributed by atoms with Gasteiger partial charge in [0.25, 0.3) is 0 Å². The number of nitrogens with one attached hydrogen (secondary N) is 1. The predicted molar refractivity (Wildman–Crippen MR) is 82.8 cm³/mol. The van der Waals surface area contributed by atoms with Crippen LogP contribution in [0.5, 0.6) is 0 Å². The van der Waals surface area contributed by atoms with Gasteiger partial charge in [-0.2, -0.15) is 4.31 Å². The second kappa shape index (κ2) is 6.94. The van der Waals surface area contributed by atoms with E-state index in [1.54, 1.807) is 11.2 Å². The number of aryl methyl sites for hydroxylation is 2. The summed E-state index contributed by atoms with van der Waals surface area (Å²) in [5, 5.41) is 3.20. The van der Waals surface area contributed by atoms with E-state index in [-0.39, 0.29) is 0 Å². The molecule has 0 atom stereocenters. The second-order valence-corrected chi connectivity index (χ2v) is 7.50. The van der Waals surface area contributed by atoms with Gasteiger partial charge in [0.1, 0.15) is 16.4 Å². The van der Waals surface area contributed by atoms with Gasteiger partial charge in [-0.25, -0.2) is 8.42 Å². The van der Waals surface area contributed by atoms with Crippen molar-refractivity contribution in [3.8, 4) is 0 Å². The van der Waals surface area contributed by atoms with Gasteiger partial charge in [0.05, 0.1) is 0 Å². The van der Waals surface area contributed by atoms with E-state index in [4.69, 9.17) is 4.42 Å². The van der Waals surface area contributed by atoms with Crippen LogP contribution in [0.4, 0.5) is 0 Å². The zero-order valence-corrected chi connectivity index (χ0v) is 14.1. The molecule has 6 heteroatoms. The largest absolute Gasteiger partial charge is 0.465 e. The highest BCUT2D eigenvalue weighted by Crippen LogP contribution is 2.30. The smallest absolute Gasteiger partial charge is 0.246 e. The predicted octanol–water partition coefficient (Wildman–Crippen LogP) is 2.57. The maximum Gasteiger partial charge on any atom is 0.246 e. The summed E-state index contributed by atoms with van der Waals surface area (Å²) in [5.41, 5.74) is 0.776. The van der Waals surface area contributed by atoms with Crippen LogP contribution in [0.15, 0.2) is 9.31 Å². The maximum atomic E-state index is 13.0. The summed E-state index contributed by atoms with van der Waals surface area (Å²) in [7, 11) is -3.46. The number of nitrogens with zero attached hydrogens (tertiary/aromatic N) is 1. The highest BCUT2D eigenvalue weighted by molar-refractivity contribution is 7.89. The average Bonchev–Trinajstić information content (AvgIpc) is 2.63. The van der Waals surface area contributed by atoms with Gasteiger partial charge in [-0.1, -0.05) is 19.8 Å². The molecule has 0 saturated carbocycles. The molecule has 2 heterocycles. The van der Waals surface area contributed by atoms with E-state index in [9.17, 15) is 8.42 Å². The van der Waals surface area contributed by atoms with Crippen LogP contribution in [0.25, 0.3) is 0 Å². The van der Waals surface area contributed by atoms with E-state index in [2.05, 4.69) is 5.32 Å². The van der Waals surface area contributed by atoms with Gasteiger partial charge in [0.2, 0.25) is 10.0 Å². The van der Waals surface area contributed by atoms with Crippen molar-refractivity contribution in [2.24, 2.45) is 0 Å². The summed E-state index contributed by atoms with van der Waals surface area (Å²) in [5.74, 6) is 1.20. The second-order valence-electron chi connectivity index (χ2n) is 5.62. The first-order valence-electron chi connectivity index (χ1n) is 7.78. The van der Waals surface area contributed by atoms with Crippen molar-refractivity contribution in [1.82, 2.24) is 9.62 Å². The lowest BCUT2D eigenvalue weighted by molar-refractivity contribution is 0.420. The van der Waals surface area contributed by atoms with E-state index < -0.39 is 10.0 Å². The molecule has 5 nitrogen and oxygen atoms in total. The molecule has 1 saturated heterocycles. The molecule has 0 spiro atoms. The summed E-state index contributed by atoms with van der Waals surface area (Å²) in [6.07, 6.45) is 4.11. The number of hydrogen-bond donors (Lipinski definition) is 1. The molecule has 2 rings (SSSR count). The van der Waals surface area contributed by atoms with Crippen LogP contribution in [0.1, 0.15) is 49.7 Å². The lowest BCUT2D eigenvalue weighted by atomic mass is 10.2. The Bertz CT molecular complexity index is 570. The van der Waals surface area contributed by atoms with Crippen LogP contribution in [0, 0.1) is 13.8 Å². The molecule has 1 aliphatic heterocycles. The molecule has 0 radical (unpaired) electrons. The molecule has 1 N–H and O–H groups in total. The van der Waals surface area contributed by atoms with E-state index in [1.165, 1.54) is 0 Å². The molecule has 0 bridgehead atoms. The van der Waals surface area contributed by atoms with E-state index in [1.807, 2.05) is 13.8 Å². The van der Waals surface area contributed by atoms with Gasteiger partial charge in [0, 0.05) is 25.2 Å². The Kier molecular flexibility index (Phi) is 5.46. The summed E-state index contributed by atoms with van der Waals surface area (Å²) in [6.45, 7) is 8.15. The van der Waals surface area contributed by atoms with Gasteiger partial charge in [-0.15, -0.1) is 0 Å². The number of furan rings is 1. The third-order valence-electron chi connectivity index (χ3n) is 4.04. The van der Waals surface area contributed by atoms with Crippen molar-refractivity contribution in [2.45, 2.75) is 57.9 Å². The summed E-state index contributed by atoms with van der Waals surface area (Å²) in [4.78, 5) is 0.378. The number of hydrogen-bond acceptors (Lipinski definition) is 4. The Morgan fingerprint density at radius 1 is 1.10 bits per heavy atom. The summed E-state index contributed by atoms with van der Waals surface area (Å²) in [6, 6.07) is 0. The highest BCUT2D eigenvalue weighted by atomic mass is 32.2. The SMILES string of the molecule is CCNCc1c(C)oc(C)c1S(=O)(=O)N1CCCCCC1. The van der Waals surface area contributed by atoms with Crippen LogP contribution in [-0.2, 0) is 16.6 Å². The molecule has 0 amide bonds.